The maximum Gasteiger partial charge on any atom is 0.257 e. The minimum atomic E-state index is -0.0902. The molecule has 1 aromatic heterocycles. The molecule has 1 aliphatic carbocycles. The molecule has 1 N–H and O–H groups in total. The van der Waals surface area contributed by atoms with Gasteiger partial charge in [-0.25, -0.2) is 0 Å². The second-order valence-corrected chi connectivity index (χ2v) is 6.96. The molecule has 2 aliphatic rings. The van der Waals surface area contributed by atoms with E-state index in [1.54, 1.807) is 0 Å². The Hall–Kier alpha value is -1.76. The predicted molar refractivity (Wildman–Crippen MR) is 106 cm³/mol. The first kappa shape index (κ1) is 20.0. The fraction of sp³-hybridized carbons (Fsp3) is 0.550. The number of halogens is 1. The SMILES string of the molecule is Cl.O=C(COc1ccc2oc3c(c2c1)CCCC3)NCCN1CCOCC1. The van der Waals surface area contributed by atoms with Crippen molar-refractivity contribution in [2.45, 2.75) is 25.7 Å². The first-order valence-electron chi connectivity index (χ1n) is 9.53. The van der Waals surface area contributed by atoms with Crippen molar-refractivity contribution in [1.29, 1.82) is 0 Å². The van der Waals surface area contributed by atoms with Crippen LogP contribution >= 0.6 is 12.4 Å². The van der Waals surface area contributed by atoms with Crippen molar-refractivity contribution in [3.05, 3.63) is 29.5 Å². The van der Waals surface area contributed by atoms with E-state index in [-0.39, 0.29) is 24.9 Å². The third-order valence-corrected chi connectivity index (χ3v) is 5.15. The molecular weight excluding hydrogens is 368 g/mol. The van der Waals surface area contributed by atoms with Gasteiger partial charge in [0, 0.05) is 43.5 Å². The largest absolute Gasteiger partial charge is 0.484 e. The number of furan rings is 1. The Kier molecular flexibility index (Phi) is 6.99. The van der Waals surface area contributed by atoms with Gasteiger partial charge in [-0.1, -0.05) is 0 Å². The molecule has 1 amide bonds. The lowest BCUT2D eigenvalue weighted by Gasteiger charge is -2.26. The lowest BCUT2D eigenvalue weighted by Crippen LogP contribution is -2.42. The number of aryl methyl sites for hydroxylation is 2. The van der Waals surface area contributed by atoms with E-state index in [9.17, 15) is 4.79 Å². The van der Waals surface area contributed by atoms with Crippen molar-refractivity contribution in [3.8, 4) is 5.75 Å². The molecule has 1 saturated heterocycles. The van der Waals surface area contributed by atoms with Crippen LogP contribution in [-0.4, -0.2) is 56.8 Å². The lowest BCUT2D eigenvalue weighted by atomic mass is 9.96. The molecule has 2 aromatic rings. The average molecular weight is 395 g/mol. The normalized spacial score (nSPS) is 17.2. The number of ether oxygens (including phenoxy) is 2. The van der Waals surface area contributed by atoms with Crippen molar-refractivity contribution in [2.24, 2.45) is 0 Å². The predicted octanol–water partition coefficient (Wildman–Crippen LogP) is 2.56. The Morgan fingerprint density at radius 2 is 2.00 bits per heavy atom. The van der Waals surface area contributed by atoms with Crippen LogP contribution in [0.15, 0.2) is 22.6 Å². The maximum atomic E-state index is 12.0. The zero-order valence-corrected chi connectivity index (χ0v) is 16.3. The molecule has 6 nitrogen and oxygen atoms in total. The second-order valence-electron chi connectivity index (χ2n) is 6.96. The molecule has 2 heterocycles. The zero-order chi connectivity index (χ0) is 17.8. The van der Waals surface area contributed by atoms with Gasteiger partial charge in [-0.15, -0.1) is 12.4 Å². The molecule has 0 radical (unpaired) electrons. The number of nitrogens with zero attached hydrogens (tertiary/aromatic N) is 1. The molecule has 4 rings (SSSR count). The highest BCUT2D eigenvalue weighted by Gasteiger charge is 2.18. The summed E-state index contributed by atoms with van der Waals surface area (Å²) < 4.78 is 16.9. The van der Waals surface area contributed by atoms with Crippen LogP contribution in [0.3, 0.4) is 0 Å². The zero-order valence-electron chi connectivity index (χ0n) is 15.5. The fourth-order valence-corrected chi connectivity index (χ4v) is 3.71. The number of amides is 1. The Morgan fingerprint density at radius 1 is 1.19 bits per heavy atom. The molecule has 1 aliphatic heterocycles. The van der Waals surface area contributed by atoms with E-state index in [0.717, 1.165) is 68.2 Å². The average Bonchev–Trinajstić information content (AvgIpc) is 3.05. The lowest BCUT2D eigenvalue weighted by molar-refractivity contribution is -0.123. The summed E-state index contributed by atoms with van der Waals surface area (Å²) in [5, 5.41) is 4.05. The van der Waals surface area contributed by atoms with Crippen LogP contribution in [0, 0.1) is 0 Å². The molecule has 7 heteroatoms. The maximum absolute atomic E-state index is 12.0. The van der Waals surface area contributed by atoms with Crippen LogP contribution < -0.4 is 10.1 Å². The molecule has 1 fully saturated rings. The van der Waals surface area contributed by atoms with E-state index < -0.39 is 0 Å². The Morgan fingerprint density at radius 3 is 2.85 bits per heavy atom. The van der Waals surface area contributed by atoms with E-state index >= 15 is 0 Å². The van der Waals surface area contributed by atoms with Crippen LogP contribution in [0.25, 0.3) is 11.0 Å². The summed E-state index contributed by atoms with van der Waals surface area (Å²) >= 11 is 0. The number of hydrogen-bond acceptors (Lipinski definition) is 5. The first-order chi connectivity index (χ1) is 12.8. The van der Waals surface area contributed by atoms with Crippen LogP contribution in [0.4, 0.5) is 0 Å². The van der Waals surface area contributed by atoms with E-state index in [4.69, 9.17) is 13.9 Å². The Bertz CT molecular complexity index is 771. The molecule has 0 saturated carbocycles. The highest BCUT2D eigenvalue weighted by Crippen LogP contribution is 2.33. The summed E-state index contributed by atoms with van der Waals surface area (Å²) in [6, 6.07) is 5.82. The summed E-state index contributed by atoms with van der Waals surface area (Å²) in [6.07, 6.45) is 4.48. The number of carbonyl (C=O) groups excluding carboxylic acids is 1. The molecule has 0 unspecified atom stereocenters. The molecule has 1 aromatic carbocycles. The van der Waals surface area contributed by atoms with E-state index in [1.165, 1.54) is 18.4 Å². The van der Waals surface area contributed by atoms with Gasteiger partial charge in [0.15, 0.2) is 6.61 Å². The van der Waals surface area contributed by atoms with Gasteiger partial charge < -0.3 is 19.2 Å². The van der Waals surface area contributed by atoms with Gasteiger partial charge in [-0.3, -0.25) is 9.69 Å². The van der Waals surface area contributed by atoms with E-state index in [0.29, 0.717) is 6.54 Å². The number of rotatable bonds is 6. The summed E-state index contributed by atoms with van der Waals surface area (Å²) in [4.78, 5) is 14.3. The minimum absolute atomic E-state index is 0. The summed E-state index contributed by atoms with van der Waals surface area (Å²) in [7, 11) is 0. The third kappa shape index (κ3) is 4.94. The van der Waals surface area contributed by atoms with Gasteiger partial charge in [0.25, 0.3) is 5.91 Å². The van der Waals surface area contributed by atoms with Crippen LogP contribution in [0.2, 0.25) is 0 Å². The van der Waals surface area contributed by atoms with Crippen molar-refractivity contribution in [3.63, 3.8) is 0 Å². The fourth-order valence-electron chi connectivity index (χ4n) is 3.71. The van der Waals surface area contributed by atoms with Gasteiger partial charge >= 0.3 is 0 Å². The molecule has 0 bridgehead atoms. The van der Waals surface area contributed by atoms with Gasteiger partial charge in [0.1, 0.15) is 17.1 Å². The van der Waals surface area contributed by atoms with Gasteiger partial charge in [0.05, 0.1) is 13.2 Å². The summed E-state index contributed by atoms with van der Waals surface area (Å²) in [5.74, 6) is 1.74. The van der Waals surface area contributed by atoms with E-state index in [2.05, 4.69) is 10.2 Å². The number of fused-ring (bicyclic) bond motifs is 3. The van der Waals surface area contributed by atoms with Crippen molar-refractivity contribution >= 4 is 29.3 Å². The minimum Gasteiger partial charge on any atom is -0.484 e. The van der Waals surface area contributed by atoms with E-state index in [1.807, 2.05) is 18.2 Å². The second kappa shape index (κ2) is 9.44. The molecule has 148 valence electrons. The number of nitrogens with one attached hydrogen (secondary N) is 1. The summed E-state index contributed by atoms with van der Waals surface area (Å²) in [5.41, 5.74) is 2.23. The van der Waals surface area contributed by atoms with Crippen molar-refractivity contribution in [2.75, 3.05) is 46.0 Å². The van der Waals surface area contributed by atoms with Gasteiger partial charge in [-0.2, -0.15) is 0 Å². The van der Waals surface area contributed by atoms with Gasteiger partial charge in [0.2, 0.25) is 0 Å². The topological polar surface area (TPSA) is 63.9 Å². The summed E-state index contributed by atoms with van der Waals surface area (Å²) in [6.45, 7) is 4.94. The molecule has 27 heavy (non-hydrogen) atoms. The molecule has 0 atom stereocenters. The van der Waals surface area contributed by atoms with Gasteiger partial charge in [-0.05, 0) is 37.5 Å². The number of benzene rings is 1. The highest BCUT2D eigenvalue weighted by molar-refractivity contribution is 5.85. The van der Waals surface area contributed by atoms with Crippen molar-refractivity contribution in [1.82, 2.24) is 10.2 Å². The first-order valence-corrected chi connectivity index (χ1v) is 9.53. The standard InChI is InChI=1S/C20H26N2O4.ClH/c23-20(21-7-8-22-9-11-24-12-10-22)14-25-15-5-6-19-17(13-15)16-3-1-2-4-18(16)26-19;/h5-6,13H,1-4,7-12,14H2,(H,21,23);1H. The van der Waals surface area contributed by atoms with Crippen molar-refractivity contribution < 1.29 is 18.7 Å². The van der Waals surface area contributed by atoms with Crippen LogP contribution in [-0.2, 0) is 22.4 Å². The smallest absolute Gasteiger partial charge is 0.257 e. The molecular formula is C20H27ClN2O4. The Labute approximate surface area is 165 Å². The quantitative estimate of drug-likeness (QED) is 0.815. The number of hydrogen-bond donors (Lipinski definition) is 1. The molecule has 0 spiro atoms. The number of carbonyl (C=O) groups is 1. The van der Waals surface area contributed by atoms with Crippen LogP contribution in [0.1, 0.15) is 24.2 Å². The monoisotopic (exact) mass is 394 g/mol. The third-order valence-electron chi connectivity index (χ3n) is 5.15. The number of morpholine rings is 1. The van der Waals surface area contributed by atoms with Crippen LogP contribution in [0.5, 0.6) is 5.75 Å². The Balaban J connectivity index is 0.00000210. The highest BCUT2D eigenvalue weighted by atomic mass is 35.5.